The van der Waals surface area contributed by atoms with E-state index in [9.17, 15) is 0 Å². The van der Waals surface area contributed by atoms with Gasteiger partial charge in [0.05, 0.1) is 11.4 Å². The highest BCUT2D eigenvalue weighted by Crippen LogP contribution is 2.48. The number of fused-ring (bicyclic) bond motifs is 4. The predicted octanol–water partition coefficient (Wildman–Crippen LogP) is 16.9. The maximum Gasteiger partial charge on any atom is 0.136 e. The van der Waals surface area contributed by atoms with Crippen molar-refractivity contribution in [3.05, 3.63) is 212 Å². The molecule has 1 aliphatic rings. The van der Waals surface area contributed by atoms with Crippen molar-refractivity contribution in [1.29, 1.82) is 0 Å². The van der Waals surface area contributed by atoms with Crippen LogP contribution in [0.2, 0.25) is 0 Å². The van der Waals surface area contributed by atoms with Crippen LogP contribution in [0.1, 0.15) is 43.6 Å². The van der Waals surface area contributed by atoms with Gasteiger partial charge in [-0.25, -0.2) is 0 Å². The van der Waals surface area contributed by atoms with Gasteiger partial charge in [0.15, 0.2) is 0 Å². The summed E-state index contributed by atoms with van der Waals surface area (Å²) in [6.45, 7) is 0. The van der Waals surface area contributed by atoms with Crippen molar-refractivity contribution >= 4 is 49.8 Å². The van der Waals surface area contributed by atoms with Gasteiger partial charge >= 0.3 is 0 Å². The second-order valence-electron chi connectivity index (χ2n) is 16.3. The van der Waals surface area contributed by atoms with Crippen molar-refractivity contribution < 1.29 is 4.42 Å². The van der Waals surface area contributed by atoms with E-state index in [-0.39, 0.29) is 0 Å². The Labute approximate surface area is 352 Å². The predicted molar refractivity (Wildman–Crippen MR) is 253 cm³/mol. The first-order chi connectivity index (χ1) is 29.8. The summed E-state index contributed by atoms with van der Waals surface area (Å²) in [5, 5.41) is 4.98. The Balaban J connectivity index is 1.11. The lowest BCUT2D eigenvalue weighted by molar-refractivity contribution is 0.445. The van der Waals surface area contributed by atoms with Crippen LogP contribution in [0.15, 0.2) is 211 Å². The zero-order valence-electron chi connectivity index (χ0n) is 33.6. The third-order valence-electron chi connectivity index (χ3n) is 12.7. The van der Waals surface area contributed by atoms with Gasteiger partial charge in [-0.15, -0.1) is 0 Å². The summed E-state index contributed by atoms with van der Waals surface area (Å²) < 4.78 is 6.31. The fourth-order valence-electron chi connectivity index (χ4n) is 9.75. The number of furan rings is 1. The molecule has 0 saturated heterocycles. The molecule has 0 bridgehead atoms. The van der Waals surface area contributed by atoms with Crippen LogP contribution in [0.3, 0.4) is 0 Å². The van der Waals surface area contributed by atoms with E-state index in [1.165, 1.54) is 81.8 Å². The van der Waals surface area contributed by atoms with Crippen LogP contribution in [-0.2, 0) is 0 Å². The fraction of sp³-hybridized carbons (Fsp3) is 0.103. The highest BCUT2D eigenvalue weighted by Gasteiger charge is 2.24. The lowest BCUT2D eigenvalue weighted by Crippen LogP contribution is -2.13. The van der Waals surface area contributed by atoms with Gasteiger partial charge in [-0.2, -0.15) is 0 Å². The molecule has 1 fully saturated rings. The highest BCUT2D eigenvalue weighted by atomic mass is 16.3. The van der Waals surface area contributed by atoms with Crippen LogP contribution in [-0.4, -0.2) is 0 Å². The minimum Gasteiger partial charge on any atom is -0.456 e. The number of para-hydroxylation sites is 2. The van der Waals surface area contributed by atoms with Gasteiger partial charge < -0.3 is 9.32 Å². The average Bonchev–Trinajstić information content (AvgIpc) is 3.71. The molecule has 1 aliphatic carbocycles. The van der Waals surface area contributed by atoms with E-state index < -0.39 is 0 Å². The molecular formula is C58H45NO. The Morgan fingerprint density at radius 1 is 0.383 bits per heavy atom. The first-order valence-electron chi connectivity index (χ1n) is 21.4. The summed E-state index contributed by atoms with van der Waals surface area (Å²) in [6.07, 6.45) is 6.45. The van der Waals surface area contributed by atoms with Crippen molar-refractivity contribution in [3.63, 3.8) is 0 Å². The summed E-state index contributed by atoms with van der Waals surface area (Å²) in [5.74, 6) is 0.577. The molecule has 0 aliphatic heterocycles. The molecule has 10 aromatic rings. The van der Waals surface area contributed by atoms with E-state index in [1.807, 2.05) is 12.1 Å². The molecule has 288 valence electrons. The molecule has 0 unspecified atom stereocenters. The van der Waals surface area contributed by atoms with Gasteiger partial charge in [0.2, 0.25) is 0 Å². The molecule has 1 saturated carbocycles. The topological polar surface area (TPSA) is 16.4 Å². The SMILES string of the molecule is c1ccc(-c2ccc(N(c3ccc(-c4ccc5c(c4)oc4ccccc45)cc3)c3ccccc3-c3cccc4cccc(C5CCCCC5)c34)c(-c3ccccc3)c2)cc1. The van der Waals surface area contributed by atoms with Crippen LogP contribution in [0, 0.1) is 0 Å². The first kappa shape index (κ1) is 36.0. The Bertz CT molecular complexity index is 3110. The van der Waals surface area contributed by atoms with Gasteiger partial charge in [-0.05, 0) is 117 Å². The standard InChI is InChI=1S/C58H45NO/c1-4-16-40(17-5-1)45-33-37-55(53(38-45)43-20-8-3-9-21-43)59(47-34-30-41(31-35-47)46-32-36-51-50-25-11-13-29-56(50)60-57(51)39-46)54-28-12-10-24-49(54)52-27-15-23-44-22-14-26-48(58(44)52)42-18-6-2-7-19-42/h1,3-5,8-17,20-39,42H,2,6-7,18-19H2. The largest absolute Gasteiger partial charge is 0.456 e. The Morgan fingerprint density at radius 2 is 0.983 bits per heavy atom. The summed E-state index contributed by atoms with van der Waals surface area (Å²) in [6, 6.07) is 75.3. The van der Waals surface area contributed by atoms with Crippen molar-refractivity contribution in [2.45, 2.75) is 38.0 Å². The molecule has 0 amide bonds. The third kappa shape index (κ3) is 6.55. The molecule has 2 heteroatoms. The minimum absolute atomic E-state index is 0.577. The maximum atomic E-state index is 6.31. The smallest absolute Gasteiger partial charge is 0.136 e. The van der Waals surface area contributed by atoms with E-state index in [2.05, 4.69) is 199 Å². The van der Waals surface area contributed by atoms with Gasteiger partial charge in [-0.1, -0.05) is 177 Å². The number of benzene rings is 9. The Hall–Kier alpha value is -7.16. The second-order valence-corrected chi connectivity index (χ2v) is 16.3. The molecule has 1 heterocycles. The van der Waals surface area contributed by atoms with Crippen molar-refractivity contribution in [1.82, 2.24) is 0 Å². The van der Waals surface area contributed by atoms with Crippen molar-refractivity contribution in [2.75, 3.05) is 4.90 Å². The minimum atomic E-state index is 0.577. The lowest BCUT2D eigenvalue weighted by atomic mass is 9.80. The summed E-state index contributed by atoms with van der Waals surface area (Å²) in [7, 11) is 0. The van der Waals surface area contributed by atoms with E-state index in [0.717, 1.165) is 50.1 Å². The molecule has 0 radical (unpaired) electrons. The first-order valence-corrected chi connectivity index (χ1v) is 21.4. The maximum absolute atomic E-state index is 6.31. The Kier molecular flexibility index (Phi) is 9.32. The molecule has 9 aromatic carbocycles. The number of rotatable bonds is 8. The zero-order chi connectivity index (χ0) is 39.8. The second kappa shape index (κ2) is 15.5. The molecule has 11 rings (SSSR count). The van der Waals surface area contributed by atoms with Crippen LogP contribution in [0.25, 0.3) is 77.2 Å². The van der Waals surface area contributed by atoms with Gasteiger partial charge in [0.1, 0.15) is 11.2 Å². The summed E-state index contributed by atoms with van der Waals surface area (Å²) in [5.41, 5.74) is 16.2. The molecule has 1 aromatic heterocycles. The van der Waals surface area contributed by atoms with E-state index >= 15 is 0 Å². The summed E-state index contributed by atoms with van der Waals surface area (Å²) in [4.78, 5) is 2.49. The molecular weight excluding hydrogens is 727 g/mol. The normalized spacial score (nSPS) is 13.3. The quantitative estimate of drug-likeness (QED) is 0.153. The number of hydrogen-bond acceptors (Lipinski definition) is 2. The third-order valence-corrected chi connectivity index (χ3v) is 12.7. The Morgan fingerprint density at radius 3 is 1.80 bits per heavy atom. The van der Waals surface area contributed by atoms with Gasteiger partial charge in [0, 0.05) is 27.6 Å². The number of nitrogens with zero attached hydrogens (tertiary/aromatic N) is 1. The van der Waals surface area contributed by atoms with E-state index in [0.29, 0.717) is 5.92 Å². The van der Waals surface area contributed by atoms with Crippen LogP contribution in [0.4, 0.5) is 17.1 Å². The molecule has 0 atom stereocenters. The van der Waals surface area contributed by atoms with Gasteiger partial charge in [0.25, 0.3) is 0 Å². The average molecular weight is 772 g/mol. The van der Waals surface area contributed by atoms with Crippen molar-refractivity contribution in [2.24, 2.45) is 0 Å². The van der Waals surface area contributed by atoms with E-state index in [1.54, 1.807) is 0 Å². The zero-order valence-corrected chi connectivity index (χ0v) is 33.6. The van der Waals surface area contributed by atoms with Crippen LogP contribution < -0.4 is 4.90 Å². The number of hydrogen-bond donors (Lipinski definition) is 0. The molecule has 2 nitrogen and oxygen atoms in total. The fourth-order valence-corrected chi connectivity index (χ4v) is 9.75. The monoisotopic (exact) mass is 771 g/mol. The van der Waals surface area contributed by atoms with Crippen molar-refractivity contribution in [3.8, 4) is 44.5 Å². The van der Waals surface area contributed by atoms with Gasteiger partial charge in [-0.3, -0.25) is 0 Å². The molecule has 60 heavy (non-hydrogen) atoms. The summed E-state index contributed by atoms with van der Waals surface area (Å²) >= 11 is 0. The molecule has 0 spiro atoms. The lowest BCUT2D eigenvalue weighted by Gasteiger charge is -2.31. The van der Waals surface area contributed by atoms with Crippen LogP contribution >= 0.6 is 0 Å². The highest BCUT2D eigenvalue weighted by molar-refractivity contribution is 6.06. The van der Waals surface area contributed by atoms with Crippen LogP contribution in [0.5, 0.6) is 0 Å². The van der Waals surface area contributed by atoms with E-state index in [4.69, 9.17) is 4.42 Å². The molecule has 0 N–H and O–H groups in total. The number of anilines is 3.